The van der Waals surface area contributed by atoms with Crippen LogP contribution in [-0.2, 0) is 4.79 Å². The number of rotatable bonds is 3. The van der Waals surface area contributed by atoms with E-state index in [-0.39, 0.29) is 17.7 Å². The molecule has 2 aromatic rings. The molecular weight excluding hydrogens is 324 g/mol. The van der Waals surface area contributed by atoms with E-state index in [1.54, 1.807) is 11.6 Å². The number of carbonyl (C=O) groups is 2. The molecule has 0 saturated carbocycles. The van der Waals surface area contributed by atoms with Crippen molar-refractivity contribution >= 4 is 29.2 Å². The summed E-state index contributed by atoms with van der Waals surface area (Å²) in [5, 5.41) is 4.69. The van der Waals surface area contributed by atoms with Crippen LogP contribution in [0.4, 0.5) is 5.82 Å². The second-order valence-corrected chi connectivity index (χ2v) is 6.67. The van der Waals surface area contributed by atoms with E-state index in [0.717, 1.165) is 11.3 Å². The number of aryl methyl sites for hydroxylation is 2. The lowest BCUT2D eigenvalue weighted by atomic mass is 9.95. The fourth-order valence-electron chi connectivity index (χ4n) is 2.85. The molecule has 1 aliphatic rings. The molecule has 3 heterocycles. The molecule has 1 saturated heterocycles. The maximum Gasteiger partial charge on any atom is 0.256 e. The van der Waals surface area contributed by atoms with Gasteiger partial charge in [0.1, 0.15) is 5.82 Å². The van der Waals surface area contributed by atoms with Crippen molar-refractivity contribution in [2.45, 2.75) is 26.7 Å². The van der Waals surface area contributed by atoms with Gasteiger partial charge in [0.05, 0.1) is 11.3 Å². The van der Waals surface area contributed by atoms with E-state index in [2.05, 4.69) is 14.7 Å². The van der Waals surface area contributed by atoms with Gasteiger partial charge in [-0.25, -0.2) is 4.98 Å². The molecule has 1 fully saturated rings. The van der Waals surface area contributed by atoms with Crippen LogP contribution in [0.2, 0.25) is 0 Å². The molecule has 0 aromatic carbocycles. The average molecular weight is 344 g/mol. The van der Waals surface area contributed by atoms with Crippen LogP contribution >= 0.6 is 11.5 Å². The van der Waals surface area contributed by atoms with Crippen LogP contribution in [0.15, 0.2) is 23.7 Å². The Bertz CT molecular complexity index is 751. The van der Waals surface area contributed by atoms with Crippen LogP contribution in [0.25, 0.3) is 0 Å². The van der Waals surface area contributed by atoms with Gasteiger partial charge in [0.2, 0.25) is 5.91 Å². The van der Waals surface area contributed by atoms with Gasteiger partial charge in [-0.3, -0.25) is 9.59 Å². The highest BCUT2D eigenvalue weighted by molar-refractivity contribution is 7.03. The molecule has 126 valence electrons. The molecule has 0 spiro atoms. The van der Waals surface area contributed by atoms with Crippen LogP contribution in [-0.4, -0.2) is 39.2 Å². The highest BCUT2D eigenvalue weighted by atomic mass is 32.1. The first kappa shape index (κ1) is 16.6. The van der Waals surface area contributed by atoms with E-state index in [9.17, 15) is 9.59 Å². The lowest BCUT2D eigenvalue weighted by molar-refractivity contribution is -0.121. The second-order valence-electron chi connectivity index (χ2n) is 6.04. The van der Waals surface area contributed by atoms with Crippen molar-refractivity contribution in [2.24, 2.45) is 5.92 Å². The van der Waals surface area contributed by atoms with Crippen molar-refractivity contribution in [1.82, 2.24) is 14.3 Å². The summed E-state index contributed by atoms with van der Waals surface area (Å²) >= 11 is 1.30. The number of aromatic nitrogens is 2. The number of anilines is 1. The molecule has 1 aliphatic heterocycles. The van der Waals surface area contributed by atoms with E-state index in [1.165, 1.54) is 11.5 Å². The molecule has 24 heavy (non-hydrogen) atoms. The minimum Gasteiger partial charge on any atom is -0.339 e. The lowest BCUT2D eigenvalue weighted by Gasteiger charge is -2.31. The summed E-state index contributed by atoms with van der Waals surface area (Å²) in [6, 6.07) is 3.76. The van der Waals surface area contributed by atoms with Gasteiger partial charge in [0, 0.05) is 30.6 Å². The minimum atomic E-state index is -0.0860. The number of pyridine rings is 1. The molecule has 2 amide bonds. The standard InChI is InChI=1S/C17H20N4O2S/c1-11-4-3-7-18-15(11)19-16(22)13-5-8-21(9-6-13)17(23)14-10-24-20-12(14)2/h3-4,7,10,13H,5-6,8-9H2,1-2H3,(H,18,19,22). The SMILES string of the molecule is Cc1cccnc1NC(=O)C1CCN(C(=O)c2csnc2C)CC1. The minimum absolute atomic E-state index is 0.0145. The van der Waals surface area contributed by atoms with E-state index >= 15 is 0 Å². The van der Waals surface area contributed by atoms with Gasteiger partial charge in [-0.2, -0.15) is 4.37 Å². The van der Waals surface area contributed by atoms with Crippen LogP contribution in [0.3, 0.4) is 0 Å². The molecule has 7 heteroatoms. The van der Waals surface area contributed by atoms with Gasteiger partial charge in [-0.05, 0) is 49.9 Å². The maximum absolute atomic E-state index is 12.5. The molecule has 0 atom stereocenters. The Labute approximate surface area is 145 Å². The van der Waals surface area contributed by atoms with Gasteiger partial charge in [0.25, 0.3) is 5.91 Å². The Balaban J connectivity index is 1.57. The van der Waals surface area contributed by atoms with Crippen molar-refractivity contribution in [1.29, 1.82) is 0 Å². The number of hydrogen-bond donors (Lipinski definition) is 1. The number of nitrogens with one attached hydrogen (secondary N) is 1. The van der Waals surface area contributed by atoms with Gasteiger partial charge >= 0.3 is 0 Å². The van der Waals surface area contributed by atoms with Crippen molar-refractivity contribution in [3.05, 3.63) is 40.5 Å². The monoisotopic (exact) mass is 344 g/mol. The normalized spacial score (nSPS) is 15.3. The predicted octanol–water partition coefficient (Wildman–Crippen LogP) is 2.65. The maximum atomic E-state index is 12.5. The van der Waals surface area contributed by atoms with E-state index in [1.807, 2.05) is 30.9 Å². The molecule has 6 nitrogen and oxygen atoms in total. The summed E-state index contributed by atoms with van der Waals surface area (Å²) in [6.07, 6.45) is 3.00. The number of hydrogen-bond acceptors (Lipinski definition) is 5. The van der Waals surface area contributed by atoms with E-state index < -0.39 is 0 Å². The Morgan fingerprint density at radius 2 is 2.04 bits per heavy atom. The number of piperidine rings is 1. The topological polar surface area (TPSA) is 75.2 Å². The third-order valence-electron chi connectivity index (χ3n) is 4.38. The molecule has 0 bridgehead atoms. The van der Waals surface area contributed by atoms with Gasteiger partial charge in [-0.1, -0.05) is 6.07 Å². The molecule has 3 rings (SSSR count). The number of amides is 2. The number of carbonyl (C=O) groups excluding carboxylic acids is 2. The molecule has 1 N–H and O–H groups in total. The highest BCUT2D eigenvalue weighted by Gasteiger charge is 2.29. The zero-order valence-corrected chi connectivity index (χ0v) is 14.6. The number of likely N-dealkylation sites (tertiary alicyclic amines) is 1. The third-order valence-corrected chi connectivity index (χ3v) is 5.10. The largest absolute Gasteiger partial charge is 0.339 e. The van der Waals surface area contributed by atoms with Gasteiger partial charge < -0.3 is 10.2 Å². The van der Waals surface area contributed by atoms with Gasteiger partial charge in [0.15, 0.2) is 0 Å². The van der Waals surface area contributed by atoms with Crippen molar-refractivity contribution in [3.8, 4) is 0 Å². The van der Waals surface area contributed by atoms with Crippen molar-refractivity contribution < 1.29 is 9.59 Å². The molecule has 0 aliphatic carbocycles. The first-order valence-electron chi connectivity index (χ1n) is 7.99. The predicted molar refractivity (Wildman–Crippen MR) is 93.1 cm³/mol. The first-order valence-corrected chi connectivity index (χ1v) is 8.82. The molecule has 0 unspecified atom stereocenters. The lowest BCUT2D eigenvalue weighted by Crippen LogP contribution is -2.41. The summed E-state index contributed by atoms with van der Waals surface area (Å²) in [6.45, 7) is 4.95. The summed E-state index contributed by atoms with van der Waals surface area (Å²) in [4.78, 5) is 30.9. The van der Waals surface area contributed by atoms with Crippen molar-refractivity contribution in [2.75, 3.05) is 18.4 Å². The molecule has 0 radical (unpaired) electrons. The zero-order valence-electron chi connectivity index (χ0n) is 13.8. The third kappa shape index (κ3) is 3.46. The Morgan fingerprint density at radius 3 is 2.67 bits per heavy atom. The summed E-state index contributed by atoms with van der Waals surface area (Å²) in [7, 11) is 0. The average Bonchev–Trinajstić information content (AvgIpc) is 3.02. The summed E-state index contributed by atoms with van der Waals surface area (Å²) in [5.41, 5.74) is 2.39. The molecule has 2 aromatic heterocycles. The van der Waals surface area contributed by atoms with Gasteiger partial charge in [-0.15, -0.1) is 0 Å². The van der Waals surface area contributed by atoms with Crippen LogP contribution in [0.1, 0.15) is 34.5 Å². The zero-order chi connectivity index (χ0) is 17.1. The fraction of sp³-hybridized carbons (Fsp3) is 0.412. The number of nitrogens with zero attached hydrogens (tertiary/aromatic N) is 3. The Morgan fingerprint density at radius 1 is 1.29 bits per heavy atom. The van der Waals surface area contributed by atoms with Crippen LogP contribution < -0.4 is 5.32 Å². The molecular formula is C17H20N4O2S. The van der Waals surface area contributed by atoms with E-state index in [4.69, 9.17) is 0 Å². The van der Waals surface area contributed by atoms with Crippen LogP contribution in [0, 0.1) is 19.8 Å². The van der Waals surface area contributed by atoms with E-state index in [0.29, 0.717) is 37.3 Å². The highest BCUT2D eigenvalue weighted by Crippen LogP contribution is 2.22. The first-order chi connectivity index (χ1) is 11.6. The Kier molecular flexibility index (Phi) is 4.89. The second kappa shape index (κ2) is 7.09. The quantitative estimate of drug-likeness (QED) is 0.929. The fourth-order valence-corrected chi connectivity index (χ4v) is 3.53. The Hall–Kier alpha value is -2.28. The summed E-state index contributed by atoms with van der Waals surface area (Å²) in [5.74, 6) is 0.524. The van der Waals surface area contributed by atoms with Crippen molar-refractivity contribution in [3.63, 3.8) is 0 Å². The summed E-state index contributed by atoms with van der Waals surface area (Å²) < 4.78 is 4.15. The smallest absolute Gasteiger partial charge is 0.256 e. The van der Waals surface area contributed by atoms with Crippen LogP contribution in [0.5, 0.6) is 0 Å².